The van der Waals surface area contributed by atoms with Gasteiger partial charge in [-0.1, -0.05) is 30.5 Å². The quantitative estimate of drug-likeness (QED) is 0.509. The normalized spacial score (nSPS) is 17.7. The highest BCUT2D eigenvalue weighted by Crippen LogP contribution is 2.31. The number of H-pyrrole nitrogens is 1. The summed E-state index contributed by atoms with van der Waals surface area (Å²) in [6.07, 6.45) is 5.25. The highest BCUT2D eigenvalue weighted by molar-refractivity contribution is 7.98. The van der Waals surface area contributed by atoms with Gasteiger partial charge in [-0.15, -0.1) is 23.1 Å². The molecule has 1 N–H and O–H groups in total. The van der Waals surface area contributed by atoms with Gasteiger partial charge < -0.3 is 9.88 Å². The molecule has 1 saturated carbocycles. The van der Waals surface area contributed by atoms with Gasteiger partial charge in [-0.25, -0.2) is 4.98 Å². The molecule has 3 heterocycles. The van der Waals surface area contributed by atoms with Gasteiger partial charge >= 0.3 is 0 Å². The van der Waals surface area contributed by atoms with Gasteiger partial charge in [-0.05, 0) is 50.8 Å². The second-order valence-corrected chi connectivity index (χ2v) is 11.6. The van der Waals surface area contributed by atoms with Gasteiger partial charge in [0.05, 0.1) is 16.0 Å². The maximum Gasteiger partial charge on any atom is 0.264 e. The zero-order valence-corrected chi connectivity index (χ0v) is 21.8. The van der Waals surface area contributed by atoms with Crippen molar-refractivity contribution in [2.45, 2.75) is 63.1 Å². The number of fused-ring (bicyclic) bond motifs is 1. The van der Waals surface area contributed by atoms with Crippen LogP contribution in [0.25, 0.3) is 10.2 Å². The number of aromatic amines is 1. The first-order valence-corrected chi connectivity index (χ1v) is 14.0. The van der Waals surface area contributed by atoms with Crippen LogP contribution in [-0.2, 0) is 5.75 Å². The molecule has 2 aromatic heterocycles. The summed E-state index contributed by atoms with van der Waals surface area (Å²) in [5, 5.41) is 0.554. The zero-order chi connectivity index (χ0) is 23.8. The molecule has 0 unspecified atom stereocenters. The second-order valence-electron chi connectivity index (χ2n) is 9.57. The Labute approximate surface area is 208 Å². The maximum absolute atomic E-state index is 13.4. The number of benzene rings is 1. The van der Waals surface area contributed by atoms with Crippen molar-refractivity contribution < 1.29 is 4.79 Å². The summed E-state index contributed by atoms with van der Waals surface area (Å²) in [5.74, 6) is 1.27. The Balaban J connectivity index is 1.32. The van der Waals surface area contributed by atoms with Crippen molar-refractivity contribution in [2.24, 2.45) is 0 Å². The van der Waals surface area contributed by atoms with E-state index < -0.39 is 0 Å². The summed E-state index contributed by atoms with van der Waals surface area (Å²) in [6, 6.07) is 7.08. The smallest absolute Gasteiger partial charge is 0.264 e. The van der Waals surface area contributed by atoms with E-state index in [1.807, 2.05) is 11.8 Å². The number of nitrogens with zero attached hydrogens (tertiary/aromatic N) is 3. The summed E-state index contributed by atoms with van der Waals surface area (Å²) in [7, 11) is 0. The fourth-order valence-electron chi connectivity index (χ4n) is 5.17. The van der Waals surface area contributed by atoms with Gasteiger partial charge in [0.2, 0.25) is 0 Å². The molecule has 180 valence electrons. The van der Waals surface area contributed by atoms with E-state index >= 15 is 0 Å². The van der Waals surface area contributed by atoms with Crippen LogP contribution < -0.4 is 5.56 Å². The van der Waals surface area contributed by atoms with E-state index in [4.69, 9.17) is 4.98 Å². The first kappa shape index (κ1) is 23.6. The van der Waals surface area contributed by atoms with Gasteiger partial charge in [-0.3, -0.25) is 14.5 Å². The number of hydrogen-bond donors (Lipinski definition) is 1. The van der Waals surface area contributed by atoms with Crippen molar-refractivity contribution in [2.75, 3.05) is 26.2 Å². The number of nitrogens with one attached hydrogen (secondary N) is 1. The van der Waals surface area contributed by atoms with Crippen LogP contribution >= 0.6 is 23.1 Å². The molecule has 1 aliphatic carbocycles. The van der Waals surface area contributed by atoms with Crippen molar-refractivity contribution in [1.29, 1.82) is 0 Å². The van der Waals surface area contributed by atoms with Crippen molar-refractivity contribution in [1.82, 2.24) is 19.8 Å². The van der Waals surface area contributed by atoms with Crippen LogP contribution in [0, 0.1) is 20.8 Å². The van der Waals surface area contributed by atoms with Crippen LogP contribution in [0.4, 0.5) is 0 Å². The van der Waals surface area contributed by atoms with Crippen LogP contribution in [0.2, 0.25) is 0 Å². The number of carbonyl (C=O) groups is 1. The topological polar surface area (TPSA) is 69.3 Å². The Hall–Kier alpha value is -2.16. The molecule has 5 rings (SSSR count). The van der Waals surface area contributed by atoms with Crippen molar-refractivity contribution in [3.63, 3.8) is 0 Å². The highest BCUT2D eigenvalue weighted by atomic mass is 32.2. The van der Waals surface area contributed by atoms with E-state index in [0.29, 0.717) is 32.7 Å². The van der Waals surface area contributed by atoms with E-state index in [9.17, 15) is 9.59 Å². The fraction of sp³-hybridized carbons (Fsp3) is 0.500. The number of thioether (sulfide) groups is 1. The molecule has 8 heteroatoms. The number of amides is 1. The molecule has 1 amide bonds. The SMILES string of the molecule is Cc1ccc(C)c(SCc2nc3sc(C(=O)N4CCN(C5CCCC5)CC4)c(C)c3c(=O)[nH]2)c1. The number of aromatic nitrogens is 2. The predicted octanol–water partition coefficient (Wildman–Crippen LogP) is 4.90. The number of thiophene rings is 1. The van der Waals surface area contributed by atoms with E-state index in [2.05, 4.69) is 41.9 Å². The Kier molecular flexibility index (Phi) is 6.82. The molecule has 1 saturated heterocycles. The van der Waals surface area contributed by atoms with E-state index in [-0.39, 0.29) is 11.5 Å². The fourth-order valence-corrected chi connectivity index (χ4v) is 7.34. The lowest BCUT2D eigenvalue weighted by Gasteiger charge is -2.38. The van der Waals surface area contributed by atoms with Crippen molar-refractivity contribution in [3.05, 3.63) is 55.9 Å². The summed E-state index contributed by atoms with van der Waals surface area (Å²) >= 11 is 3.04. The lowest BCUT2D eigenvalue weighted by Crippen LogP contribution is -2.51. The van der Waals surface area contributed by atoms with Crippen molar-refractivity contribution >= 4 is 39.2 Å². The predicted molar refractivity (Wildman–Crippen MR) is 140 cm³/mol. The van der Waals surface area contributed by atoms with Gasteiger partial charge in [0, 0.05) is 37.1 Å². The minimum Gasteiger partial charge on any atom is -0.335 e. The molecule has 0 bridgehead atoms. The Bertz CT molecular complexity index is 1270. The summed E-state index contributed by atoms with van der Waals surface area (Å²) < 4.78 is 0. The van der Waals surface area contributed by atoms with Crippen LogP contribution in [0.1, 0.15) is 57.9 Å². The molecule has 0 spiro atoms. The average molecular weight is 497 g/mol. The number of piperazine rings is 1. The molecular formula is C26H32N4O2S2. The lowest BCUT2D eigenvalue weighted by molar-refractivity contribution is 0.0577. The highest BCUT2D eigenvalue weighted by Gasteiger charge is 2.30. The Morgan fingerprint density at radius 2 is 1.88 bits per heavy atom. The monoisotopic (exact) mass is 496 g/mol. The molecule has 1 aliphatic heterocycles. The van der Waals surface area contributed by atoms with Crippen LogP contribution in [-0.4, -0.2) is 57.9 Å². The third kappa shape index (κ3) is 4.68. The first-order valence-electron chi connectivity index (χ1n) is 12.2. The largest absolute Gasteiger partial charge is 0.335 e. The summed E-state index contributed by atoms with van der Waals surface area (Å²) in [4.78, 5) is 41.0. The van der Waals surface area contributed by atoms with Crippen molar-refractivity contribution in [3.8, 4) is 0 Å². The molecule has 2 fully saturated rings. The van der Waals surface area contributed by atoms with Crippen LogP contribution in [0.3, 0.4) is 0 Å². The molecule has 1 aromatic carbocycles. The molecule has 6 nitrogen and oxygen atoms in total. The van der Waals surface area contributed by atoms with E-state index in [1.165, 1.54) is 53.0 Å². The maximum atomic E-state index is 13.4. The third-order valence-electron chi connectivity index (χ3n) is 7.19. The zero-order valence-electron chi connectivity index (χ0n) is 20.1. The molecule has 0 radical (unpaired) electrons. The summed E-state index contributed by atoms with van der Waals surface area (Å²) in [6.45, 7) is 9.45. The lowest BCUT2D eigenvalue weighted by atomic mass is 10.1. The van der Waals surface area contributed by atoms with Gasteiger partial charge in [-0.2, -0.15) is 0 Å². The summed E-state index contributed by atoms with van der Waals surface area (Å²) in [5.41, 5.74) is 3.03. The number of aryl methyl sites for hydroxylation is 3. The van der Waals surface area contributed by atoms with Gasteiger partial charge in [0.25, 0.3) is 11.5 Å². The third-order valence-corrected chi connectivity index (χ3v) is 9.54. The standard InChI is InChI=1S/C26H32N4O2S2/c1-16-8-9-17(2)20(14-16)33-15-21-27-24(31)22-18(3)23(34-25(22)28-21)26(32)30-12-10-29(11-13-30)19-6-4-5-7-19/h8-9,14,19H,4-7,10-13,15H2,1-3H3,(H,27,28,31). The van der Waals surface area contributed by atoms with Crippen LogP contribution in [0.15, 0.2) is 27.9 Å². The molecule has 34 heavy (non-hydrogen) atoms. The molecule has 3 aromatic rings. The Morgan fingerprint density at radius 1 is 1.15 bits per heavy atom. The number of rotatable bonds is 5. The average Bonchev–Trinajstić information content (AvgIpc) is 3.48. The number of hydrogen-bond acceptors (Lipinski definition) is 6. The van der Waals surface area contributed by atoms with Crippen LogP contribution in [0.5, 0.6) is 0 Å². The minimum atomic E-state index is -0.152. The van der Waals surface area contributed by atoms with Gasteiger partial charge in [0.15, 0.2) is 0 Å². The van der Waals surface area contributed by atoms with E-state index in [1.54, 1.807) is 11.8 Å². The first-order chi connectivity index (χ1) is 16.4. The van der Waals surface area contributed by atoms with E-state index in [0.717, 1.165) is 31.7 Å². The number of carbonyl (C=O) groups excluding carboxylic acids is 1. The second kappa shape index (κ2) is 9.84. The molecule has 0 atom stereocenters. The van der Waals surface area contributed by atoms with Gasteiger partial charge in [0.1, 0.15) is 10.7 Å². The Morgan fingerprint density at radius 3 is 2.62 bits per heavy atom. The molecule has 2 aliphatic rings. The molecular weight excluding hydrogens is 464 g/mol. The minimum absolute atomic E-state index is 0.0392.